The summed E-state index contributed by atoms with van der Waals surface area (Å²) < 4.78 is 19.8. The van der Waals surface area contributed by atoms with E-state index in [1.165, 1.54) is 12.1 Å². The number of nitro groups is 1. The second kappa shape index (κ2) is 7.51. The number of aromatic hydroxyl groups is 1. The molecular weight excluding hydrogens is 395 g/mol. The number of halogens is 1. The summed E-state index contributed by atoms with van der Waals surface area (Å²) in [5, 5.41) is 26.2. The fourth-order valence-corrected chi connectivity index (χ4v) is 2.78. The minimum Gasteiger partial charge on any atom is -0.506 e. The molecule has 1 amide bonds. The third-order valence-corrected chi connectivity index (χ3v) is 4.19. The molecule has 0 aliphatic rings. The number of para-hydroxylation sites is 4. The van der Waals surface area contributed by atoms with Gasteiger partial charge in [0.2, 0.25) is 0 Å². The number of oxazole rings is 1. The highest BCUT2D eigenvalue weighted by Gasteiger charge is 2.23. The average Bonchev–Trinajstić information content (AvgIpc) is 3.16. The van der Waals surface area contributed by atoms with Crippen LogP contribution in [0.15, 0.2) is 65.1 Å². The maximum absolute atomic E-state index is 14.4. The van der Waals surface area contributed by atoms with Crippen LogP contribution in [-0.4, -0.2) is 20.9 Å². The van der Waals surface area contributed by atoms with Gasteiger partial charge in [0.05, 0.1) is 22.4 Å². The molecule has 150 valence electrons. The smallest absolute Gasteiger partial charge is 0.311 e. The maximum Gasteiger partial charge on any atom is 0.311 e. The van der Waals surface area contributed by atoms with Crippen LogP contribution >= 0.6 is 0 Å². The maximum atomic E-state index is 14.4. The van der Waals surface area contributed by atoms with E-state index >= 15 is 0 Å². The van der Waals surface area contributed by atoms with Gasteiger partial charge in [-0.1, -0.05) is 24.3 Å². The molecule has 30 heavy (non-hydrogen) atoms. The highest BCUT2D eigenvalue weighted by atomic mass is 19.1. The summed E-state index contributed by atoms with van der Waals surface area (Å²) in [6.07, 6.45) is 0. The van der Waals surface area contributed by atoms with Gasteiger partial charge in [-0.3, -0.25) is 14.9 Å². The number of benzene rings is 3. The molecule has 1 aromatic heterocycles. The van der Waals surface area contributed by atoms with E-state index in [-0.39, 0.29) is 28.7 Å². The van der Waals surface area contributed by atoms with E-state index in [0.29, 0.717) is 17.2 Å². The first-order valence-corrected chi connectivity index (χ1v) is 8.62. The molecule has 0 saturated carbocycles. The van der Waals surface area contributed by atoms with Gasteiger partial charge in [-0.05, 0) is 30.3 Å². The van der Waals surface area contributed by atoms with Crippen molar-refractivity contribution in [3.8, 4) is 5.75 Å². The van der Waals surface area contributed by atoms with E-state index in [0.717, 1.165) is 6.07 Å². The minimum absolute atomic E-state index is 0.146. The van der Waals surface area contributed by atoms with Crippen LogP contribution in [-0.2, 0) is 0 Å². The van der Waals surface area contributed by atoms with E-state index in [4.69, 9.17) is 4.42 Å². The van der Waals surface area contributed by atoms with Crippen LogP contribution in [0.3, 0.4) is 0 Å². The molecule has 0 fully saturated rings. The zero-order chi connectivity index (χ0) is 21.3. The lowest BCUT2D eigenvalue weighted by Gasteiger charge is -2.12. The number of hydrogen-bond acceptors (Lipinski definition) is 7. The molecule has 4 aromatic rings. The number of nitro benzene ring substituents is 1. The molecule has 4 rings (SSSR count). The third-order valence-electron chi connectivity index (χ3n) is 4.19. The van der Waals surface area contributed by atoms with Gasteiger partial charge < -0.3 is 20.2 Å². The van der Waals surface area contributed by atoms with Crippen molar-refractivity contribution in [2.45, 2.75) is 0 Å². The van der Waals surface area contributed by atoms with Crippen molar-refractivity contribution in [2.24, 2.45) is 0 Å². The number of amides is 1. The third kappa shape index (κ3) is 3.61. The summed E-state index contributed by atoms with van der Waals surface area (Å²) in [7, 11) is 0. The van der Waals surface area contributed by atoms with Crippen molar-refractivity contribution >= 4 is 39.8 Å². The highest BCUT2D eigenvalue weighted by Crippen LogP contribution is 2.34. The van der Waals surface area contributed by atoms with Crippen LogP contribution < -0.4 is 10.6 Å². The molecule has 3 N–H and O–H groups in total. The van der Waals surface area contributed by atoms with Crippen molar-refractivity contribution in [2.75, 3.05) is 10.6 Å². The van der Waals surface area contributed by atoms with Gasteiger partial charge in [-0.2, -0.15) is 0 Å². The Morgan fingerprint density at radius 2 is 1.80 bits per heavy atom. The molecule has 0 spiro atoms. The Labute approximate surface area is 167 Å². The van der Waals surface area contributed by atoms with Crippen molar-refractivity contribution in [1.82, 2.24) is 4.98 Å². The number of fused-ring (bicyclic) bond motifs is 1. The van der Waals surface area contributed by atoms with Crippen molar-refractivity contribution in [1.29, 1.82) is 0 Å². The Kier molecular flexibility index (Phi) is 4.72. The summed E-state index contributed by atoms with van der Waals surface area (Å²) in [6.45, 7) is 0. The molecule has 0 aliphatic carbocycles. The molecule has 0 bridgehead atoms. The molecule has 0 radical (unpaired) electrons. The fourth-order valence-electron chi connectivity index (χ4n) is 2.78. The second-order valence-electron chi connectivity index (χ2n) is 6.19. The molecule has 0 saturated heterocycles. The largest absolute Gasteiger partial charge is 0.506 e. The number of rotatable bonds is 5. The molecule has 3 aromatic carbocycles. The van der Waals surface area contributed by atoms with Crippen LogP contribution in [0.2, 0.25) is 0 Å². The Bertz CT molecular complexity index is 1250. The van der Waals surface area contributed by atoms with Gasteiger partial charge in [0.15, 0.2) is 11.4 Å². The van der Waals surface area contributed by atoms with Crippen LogP contribution in [0.1, 0.15) is 10.7 Å². The number of nitrogens with one attached hydrogen (secondary N) is 2. The lowest BCUT2D eigenvalue weighted by molar-refractivity contribution is -0.384. The topological polar surface area (TPSA) is 131 Å². The number of hydrogen-bond donors (Lipinski definition) is 3. The molecular formula is C20H13FN4O5. The quantitative estimate of drug-likeness (QED) is 0.250. The zero-order valence-corrected chi connectivity index (χ0v) is 15.1. The molecule has 10 heteroatoms. The molecule has 1 heterocycles. The first-order valence-electron chi connectivity index (χ1n) is 8.62. The van der Waals surface area contributed by atoms with Gasteiger partial charge >= 0.3 is 5.91 Å². The molecule has 0 atom stereocenters. The monoisotopic (exact) mass is 408 g/mol. The molecule has 0 unspecified atom stereocenters. The lowest BCUT2D eigenvalue weighted by Crippen LogP contribution is -2.14. The van der Waals surface area contributed by atoms with Crippen LogP contribution in [0.4, 0.5) is 27.1 Å². The van der Waals surface area contributed by atoms with Crippen LogP contribution in [0, 0.1) is 15.9 Å². The Morgan fingerprint density at radius 1 is 1.07 bits per heavy atom. The van der Waals surface area contributed by atoms with Crippen molar-refractivity contribution < 1.29 is 23.6 Å². The molecule has 9 nitrogen and oxygen atoms in total. The summed E-state index contributed by atoms with van der Waals surface area (Å²) in [5.41, 5.74) is -0.112. The zero-order valence-electron chi connectivity index (χ0n) is 15.1. The Morgan fingerprint density at radius 3 is 2.53 bits per heavy atom. The summed E-state index contributed by atoms with van der Waals surface area (Å²) in [4.78, 5) is 27.1. The highest BCUT2D eigenvalue weighted by molar-refractivity contribution is 6.04. The van der Waals surface area contributed by atoms with Crippen LogP contribution in [0.5, 0.6) is 5.75 Å². The average molecular weight is 408 g/mol. The van der Waals surface area contributed by atoms with Gasteiger partial charge in [0.25, 0.3) is 11.6 Å². The standard InChI is InChI=1S/C20H13FN4O5/c21-11-9-16(25(28)29)15(10-14(11)22-12-5-1-3-7-17(12)26)23-19(27)20-24-13-6-2-4-8-18(13)30-20/h1-10,22,26H,(H,23,27). The predicted octanol–water partition coefficient (Wildman–Crippen LogP) is 4.58. The first kappa shape index (κ1) is 18.9. The van der Waals surface area contributed by atoms with E-state index in [9.17, 15) is 24.4 Å². The van der Waals surface area contributed by atoms with E-state index in [1.807, 2.05) is 0 Å². The number of carbonyl (C=O) groups excluding carboxylic acids is 1. The number of nitrogens with zero attached hydrogens (tertiary/aromatic N) is 2. The number of carbonyl (C=O) groups is 1. The number of phenolic OH excluding ortho intramolecular Hbond substituents is 1. The summed E-state index contributed by atoms with van der Waals surface area (Å²) >= 11 is 0. The fraction of sp³-hybridized carbons (Fsp3) is 0. The van der Waals surface area contributed by atoms with Gasteiger partial charge in [0.1, 0.15) is 17.0 Å². The predicted molar refractivity (Wildman–Crippen MR) is 106 cm³/mol. The van der Waals surface area contributed by atoms with E-state index in [2.05, 4.69) is 15.6 Å². The van der Waals surface area contributed by atoms with E-state index in [1.54, 1.807) is 36.4 Å². The molecule has 0 aliphatic heterocycles. The van der Waals surface area contributed by atoms with Crippen molar-refractivity contribution in [3.63, 3.8) is 0 Å². The minimum atomic E-state index is -0.940. The van der Waals surface area contributed by atoms with Gasteiger partial charge in [-0.25, -0.2) is 9.37 Å². The second-order valence-corrected chi connectivity index (χ2v) is 6.19. The van der Waals surface area contributed by atoms with Gasteiger partial charge in [0, 0.05) is 0 Å². The Balaban J connectivity index is 1.69. The van der Waals surface area contributed by atoms with Crippen molar-refractivity contribution in [3.05, 3.63) is 82.5 Å². The normalized spacial score (nSPS) is 10.7. The Hall–Kier alpha value is -4.47. The summed E-state index contributed by atoms with van der Waals surface area (Å²) in [6, 6.07) is 14.5. The van der Waals surface area contributed by atoms with Crippen LogP contribution in [0.25, 0.3) is 11.1 Å². The van der Waals surface area contributed by atoms with E-state index < -0.39 is 22.3 Å². The first-order chi connectivity index (χ1) is 14.4. The lowest BCUT2D eigenvalue weighted by atomic mass is 10.2. The van der Waals surface area contributed by atoms with Gasteiger partial charge in [-0.15, -0.1) is 0 Å². The SMILES string of the molecule is O=C(Nc1cc(Nc2ccccc2O)c(F)cc1[N+](=O)[O-])c1nc2ccccc2o1. The summed E-state index contributed by atoms with van der Waals surface area (Å²) in [5.74, 6) is -2.23. The number of aromatic nitrogens is 1. The number of anilines is 3. The number of phenols is 1.